The van der Waals surface area contributed by atoms with Crippen molar-refractivity contribution in [3.63, 3.8) is 0 Å². The third-order valence-corrected chi connectivity index (χ3v) is 6.88. The molecular formula is C21H25N5O4S. The number of rotatable bonds is 7. The Labute approximate surface area is 181 Å². The van der Waals surface area contributed by atoms with Crippen molar-refractivity contribution in [2.45, 2.75) is 48.8 Å². The number of hydrogen-bond donors (Lipinski definition) is 2. The number of sulfonamides is 1. The van der Waals surface area contributed by atoms with Gasteiger partial charge in [0.25, 0.3) is 0 Å². The van der Waals surface area contributed by atoms with Crippen LogP contribution in [0.4, 0.5) is 0 Å². The van der Waals surface area contributed by atoms with Gasteiger partial charge in [0.15, 0.2) is 5.82 Å². The van der Waals surface area contributed by atoms with Crippen molar-refractivity contribution in [1.29, 1.82) is 0 Å². The minimum Gasteiger partial charge on any atom is -0.391 e. The molecule has 0 saturated heterocycles. The van der Waals surface area contributed by atoms with E-state index < -0.39 is 22.2 Å². The van der Waals surface area contributed by atoms with Gasteiger partial charge in [0.05, 0.1) is 22.9 Å². The van der Waals surface area contributed by atoms with E-state index in [1.165, 1.54) is 12.1 Å². The fourth-order valence-electron chi connectivity index (χ4n) is 3.87. The summed E-state index contributed by atoms with van der Waals surface area (Å²) in [5, 5.41) is 15.1. The van der Waals surface area contributed by atoms with Gasteiger partial charge in [-0.15, -0.1) is 5.10 Å². The number of methoxy groups -OCH3 is 1. The fourth-order valence-corrected chi connectivity index (χ4v) is 5.18. The number of aliphatic hydroxyl groups excluding tert-OH is 1. The van der Waals surface area contributed by atoms with Gasteiger partial charge in [0.1, 0.15) is 12.4 Å². The molecule has 0 spiro atoms. The molecule has 10 heteroatoms. The topological polar surface area (TPSA) is 119 Å². The second kappa shape index (κ2) is 9.23. The van der Waals surface area contributed by atoms with Crippen LogP contribution in [0.15, 0.2) is 59.8 Å². The second-order valence-corrected chi connectivity index (χ2v) is 9.27. The zero-order valence-electron chi connectivity index (χ0n) is 17.1. The Hall–Kier alpha value is -2.66. The Kier molecular flexibility index (Phi) is 6.42. The van der Waals surface area contributed by atoms with Crippen LogP contribution >= 0.6 is 0 Å². The molecule has 4 rings (SSSR count). The van der Waals surface area contributed by atoms with Gasteiger partial charge in [0.2, 0.25) is 10.0 Å². The van der Waals surface area contributed by atoms with Crippen LogP contribution in [0.5, 0.6) is 0 Å². The second-order valence-electron chi connectivity index (χ2n) is 7.56. The average molecular weight is 444 g/mol. The highest BCUT2D eigenvalue weighted by Crippen LogP contribution is 2.34. The van der Waals surface area contributed by atoms with Crippen LogP contribution in [0, 0.1) is 0 Å². The number of ether oxygens (including phenoxy) is 1. The van der Waals surface area contributed by atoms with Crippen molar-refractivity contribution < 1.29 is 18.3 Å². The van der Waals surface area contributed by atoms with Crippen molar-refractivity contribution in [1.82, 2.24) is 24.5 Å². The zero-order chi connectivity index (χ0) is 21.8. The molecule has 0 amide bonds. The van der Waals surface area contributed by atoms with Gasteiger partial charge in [-0.25, -0.2) is 22.8 Å². The molecule has 0 unspecified atom stereocenters. The lowest BCUT2D eigenvalue weighted by molar-refractivity contribution is 0.0918. The molecule has 1 aliphatic rings. The molecule has 3 aromatic rings. The van der Waals surface area contributed by atoms with E-state index in [0.717, 1.165) is 5.69 Å². The molecule has 1 aliphatic carbocycles. The largest absolute Gasteiger partial charge is 0.391 e. The molecule has 2 aromatic heterocycles. The maximum Gasteiger partial charge on any atom is 0.240 e. The first-order valence-electron chi connectivity index (χ1n) is 10.1. The third-order valence-electron chi connectivity index (χ3n) is 5.38. The standard InChI is InChI=1S/C21H25N5O4S/c1-30-14-20-23-21(26(24-20)16-6-5-11-22-13-16)15-9-10-19(27)18(12-15)25-31(28,29)17-7-3-2-4-8-17/h2-8,11,13,15,18-19,25,27H,9-10,12,14H2,1H3/t15-,18+,19+/m0/s1. The summed E-state index contributed by atoms with van der Waals surface area (Å²) in [7, 11) is -2.17. The van der Waals surface area contributed by atoms with Gasteiger partial charge >= 0.3 is 0 Å². The van der Waals surface area contributed by atoms with Crippen LogP contribution < -0.4 is 4.72 Å². The van der Waals surface area contributed by atoms with E-state index >= 15 is 0 Å². The van der Waals surface area contributed by atoms with Gasteiger partial charge in [-0.2, -0.15) is 0 Å². The van der Waals surface area contributed by atoms with Crippen LogP contribution in [0.2, 0.25) is 0 Å². The van der Waals surface area contributed by atoms with E-state index in [4.69, 9.17) is 4.74 Å². The quantitative estimate of drug-likeness (QED) is 0.571. The van der Waals surface area contributed by atoms with E-state index in [0.29, 0.717) is 30.9 Å². The van der Waals surface area contributed by atoms with Crippen molar-refractivity contribution in [2.24, 2.45) is 0 Å². The first-order chi connectivity index (χ1) is 15.0. The molecule has 0 radical (unpaired) electrons. The lowest BCUT2D eigenvalue weighted by Crippen LogP contribution is -2.46. The Bertz CT molecular complexity index is 1110. The monoisotopic (exact) mass is 443 g/mol. The minimum atomic E-state index is -3.75. The van der Waals surface area contributed by atoms with E-state index in [9.17, 15) is 13.5 Å². The molecule has 0 aliphatic heterocycles. The summed E-state index contributed by atoms with van der Waals surface area (Å²) in [6.07, 6.45) is 4.12. The van der Waals surface area contributed by atoms with Crippen molar-refractivity contribution in [3.05, 3.63) is 66.5 Å². The summed E-state index contributed by atoms with van der Waals surface area (Å²) < 4.78 is 35.2. The maximum atomic E-state index is 12.8. The first kappa shape index (κ1) is 21.6. The van der Waals surface area contributed by atoms with E-state index in [2.05, 4.69) is 19.8 Å². The molecule has 31 heavy (non-hydrogen) atoms. The SMILES string of the molecule is COCc1nc([C@H]2CC[C@@H](O)[C@H](NS(=O)(=O)c3ccccc3)C2)n(-c2cccnc2)n1. The van der Waals surface area contributed by atoms with Crippen LogP contribution in [-0.2, 0) is 21.4 Å². The van der Waals surface area contributed by atoms with Crippen molar-refractivity contribution in [2.75, 3.05) is 7.11 Å². The summed E-state index contributed by atoms with van der Waals surface area (Å²) in [5.74, 6) is 1.15. The summed E-state index contributed by atoms with van der Waals surface area (Å²) in [6.45, 7) is 0.264. The van der Waals surface area contributed by atoms with Crippen LogP contribution in [-0.4, -0.2) is 52.5 Å². The van der Waals surface area contributed by atoms with Gasteiger partial charge in [-0.1, -0.05) is 18.2 Å². The van der Waals surface area contributed by atoms with E-state index in [-0.39, 0.29) is 17.4 Å². The zero-order valence-corrected chi connectivity index (χ0v) is 17.9. The van der Waals surface area contributed by atoms with Crippen molar-refractivity contribution >= 4 is 10.0 Å². The minimum absolute atomic E-state index is 0.0924. The van der Waals surface area contributed by atoms with Crippen molar-refractivity contribution in [3.8, 4) is 5.69 Å². The smallest absolute Gasteiger partial charge is 0.240 e. The number of aliphatic hydroxyl groups is 1. The predicted molar refractivity (Wildman–Crippen MR) is 113 cm³/mol. The molecule has 9 nitrogen and oxygen atoms in total. The summed E-state index contributed by atoms with van der Waals surface area (Å²) >= 11 is 0. The summed E-state index contributed by atoms with van der Waals surface area (Å²) in [6, 6.07) is 11.2. The molecule has 2 N–H and O–H groups in total. The Balaban J connectivity index is 1.61. The highest BCUT2D eigenvalue weighted by atomic mass is 32.2. The number of benzene rings is 1. The molecule has 1 aromatic carbocycles. The molecular weight excluding hydrogens is 418 g/mol. The van der Waals surface area contributed by atoms with Gasteiger partial charge < -0.3 is 9.84 Å². The Morgan fingerprint density at radius 2 is 2.00 bits per heavy atom. The molecule has 1 fully saturated rings. The van der Waals surface area contributed by atoms with Crippen LogP contribution in [0.25, 0.3) is 5.69 Å². The fraction of sp³-hybridized carbons (Fsp3) is 0.381. The number of nitrogens with one attached hydrogen (secondary N) is 1. The van der Waals surface area contributed by atoms with E-state index in [1.807, 2.05) is 12.1 Å². The lowest BCUT2D eigenvalue weighted by Gasteiger charge is -2.33. The van der Waals surface area contributed by atoms with E-state index in [1.54, 1.807) is 42.4 Å². The summed E-state index contributed by atoms with van der Waals surface area (Å²) in [5.41, 5.74) is 0.764. The molecule has 3 atom stereocenters. The Morgan fingerprint density at radius 1 is 1.19 bits per heavy atom. The van der Waals surface area contributed by atoms with Gasteiger partial charge in [-0.05, 0) is 43.5 Å². The number of hydrogen-bond acceptors (Lipinski definition) is 7. The highest BCUT2D eigenvalue weighted by molar-refractivity contribution is 7.89. The maximum absolute atomic E-state index is 12.8. The molecule has 2 heterocycles. The number of pyridine rings is 1. The number of nitrogens with zero attached hydrogens (tertiary/aromatic N) is 4. The van der Waals surface area contributed by atoms with Crippen LogP contribution in [0.3, 0.4) is 0 Å². The Morgan fingerprint density at radius 3 is 2.71 bits per heavy atom. The average Bonchev–Trinajstić information content (AvgIpc) is 3.21. The first-order valence-corrected chi connectivity index (χ1v) is 11.6. The summed E-state index contributed by atoms with van der Waals surface area (Å²) in [4.78, 5) is 8.99. The molecule has 0 bridgehead atoms. The molecule has 1 saturated carbocycles. The normalized spacial score (nSPS) is 21.8. The highest BCUT2D eigenvalue weighted by Gasteiger charge is 2.35. The predicted octanol–water partition coefficient (Wildman–Crippen LogP) is 1.78. The third kappa shape index (κ3) is 4.82. The lowest BCUT2D eigenvalue weighted by atomic mass is 9.83. The van der Waals surface area contributed by atoms with Gasteiger partial charge in [-0.3, -0.25) is 4.98 Å². The molecule has 164 valence electrons. The van der Waals surface area contributed by atoms with Crippen LogP contribution in [0.1, 0.15) is 36.8 Å². The van der Waals surface area contributed by atoms with Gasteiger partial charge in [0, 0.05) is 25.3 Å². The number of aromatic nitrogens is 4.